The summed E-state index contributed by atoms with van der Waals surface area (Å²) in [6, 6.07) is 32.7. The highest BCUT2D eigenvalue weighted by molar-refractivity contribution is 7.99. The molecule has 3 heterocycles. The molecule has 3 aliphatic rings. The van der Waals surface area contributed by atoms with Gasteiger partial charge in [-0.05, 0) is 68.7 Å². The van der Waals surface area contributed by atoms with Crippen LogP contribution in [0.1, 0.15) is 46.0 Å². The predicted octanol–water partition coefficient (Wildman–Crippen LogP) is 10.7. The first kappa shape index (κ1) is 35.9. The molecule has 2 saturated heterocycles. The normalized spacial score (nSPS) is 20.0. The molecule has 2 unspecified atom stereocenters. The third kappa shape index (κ3) is 8.60. The van der Waals surface area contributed by atoms with Crippen molar-refractivity contribution in [1.82, 2.24) is 10.6 Å². The average molecular weight is 729 g/mol. The van der Waals surface area contributed by atoms with Gasteiger partial charge in [0.2, 0.25) is 0 Å². The smallest absolute Gasteiger partial charge is 0.315 e. The lowest BCUT2D eigenvalue weighted by Gasteiger charge is -2.39. The minimum atomic E-state index is -0.376. The van der Waals surface area contributed by atoms with Crippen LogP contribution in [-0.4, -0.2) is 47.9 Å². The maximum absolute atomic E-state index is 11.9. The number of amides is 2. The Labute approximate surface area is 313 Å². The van der Waals surface area contributed by atoms with E-state index in [1.54, 1.807) is 0 Å². The van der Waals surface area contributed by atoms with Gasteiger partial charge in [-0.2, -0.15) is 16.9 Å². The first-order valence-corrected chi connectivity index (χ1v) is 19.4. The van der Waals surface area contributed by atoms with Crippen LogP contribution in [0.4, 0.5) is 38.9 Å². The van der Waals surface area contributed by atoms with E-state index < -0.39 is 0 Å². The molecule has 3 aliphatic heterocycles. The molecular weight excluding hydrogens is 685 g/mol. The molecule has 0 radical (unpaired) electrons. The summed E-state index contributed by atoms with van der Waals surface area (Å²) < 4.78 is 5.42. The Morgan fingerprint density at radius 2 is 1.32 bits per heavy atom. The van der Waals surface area contributed by atoms with Crippen molar-refractivity contribution in [3.8, 4) is 0 Å². The number of urea groups is 1. The summed E-state index contributed by atoms with van der Waals surface area (Å²) in [6.45, 7) is 4.63. The highest BCUT2D eigenvalue weighted by Crippen LogP contribution is 2.43. The molecule has 0 bridgehead atoms. The Morgan fingerprint density at radius 1 is 0.736 bits per heavy atom. The minimum Gasteiger partial charge on any atom is -0.466 e. The number of carbonyl (C=O) groups excluding carboxylic acids is 2. The van der Waals surface area contributed by atoms with E-state index in [1.807, 2.05) is 90.6 Å². The number of unbranched alkanes of at least 4 members (excludes halogenated alkanes) is 1. The number of fused-ring (bicyclic) bond motifs is 2. The fourth-order valence-corrected chi connectivity index (χ4v) is 8.09. The number of anilines is 2. The number of nitrogens with one attached hydrogen (secondary N) is 4. The first-order valence-electron chi connectivity index (χ1n) is 18.2. The second kappa shape index (κ2) is 16.5. The Hall–Kier alpha value is -5.49. The summed E-state index contributed by atoms with van der Waals surface area (Å²) in [7, 11) is 0. The van der Waals surface area contributed by atoms with Crippen LogP contribution in [0.3, 0.4) is 0 Å². The molecule has 5 aromatic rings. The van der Waals surface area contributed by atoms with Gasteiger partial charge >= 0.3 is 12.0 Å². The van der Waals surface area contributed by atoms with E-state index in [0.29, 0.717) is 25.1 Å². The number of carbonyl (C=O) groups is 2. The number of hydrogen-bond donors (Lipinski definition) is 4. The first-order chi connectivity index (χ1) is 25.9. The van der Waals surface area contributed by atoms with Gasteiger partial charge < -0.3 is 26.0 Å². The Morgan fingerprint density at radius 3 is 2.00 bits per heavy atom. The van der Waals surface area contributed by atoms with Gasteiger partial charge in [-0.1, -0.05) is 67.9 Å². The van der Waals surface area contributed by atoms with Crippen LogP contribution in [0.25, 0.3) is 21.5 Å². The number of nitrogens with zero attached hydrogens (tertiary/aromatic N) is 4. The third-order valence-corrected chi connectivity index (χ3v) is 10.7. The molecule has 0 aromatic heterocycles. The van der Waals surface area contributed by atoms with Crippen molar-refractivity contribution in [2.75, 3.05) is 28.7 Å². The van der Waals surface area contributed by atoms with E-state index in [2.05, 4.69) is 63.5 Å². The van der Waals surface area contributed by atoms with Gasteiger partial charge in [0.15, 0.2) is 0 Å². The zero-order chi connectivity index (χ0) is 36.6. The standard InChI is InChI=1S/C36H36N6O2.C5H8N2OS/c1-3-4-18-34(43)44-24-11-23-36(2)37-32-17-10-16-28-31(21-22-33(38-36)35(28)32)42-41-30-20-19-29(26-14-8-9-15-27(26)30)40-39-25-12-6-5-7-13-25;8-5-6-3-1-9-2-4(3)7-5/h5-10,12-17,19-22,37-38H,3-4,11,18,23-24H2,1-2H3;3-4H,1-2H2,(H2,6,7,8)/t;3-,4?/m.1/s1. The Balaban J connectivity index is 0.000000418. The zero-order valence-electron chi connectivity index (χ0n) is 30.0. The lowest BCUT2D eigenvalue weighted by atomic mass is 9.96. The van der Waals surface area contributed by atoms with Gasteiger partial charge in [0.25, 0.3) is 0 Å². The van der Waals surface area contributed by atoms with Gasteiger partial charge in [-0.3, -0.25) is 4.79 Å². The van der Waals surface area contributed by atoms with Gasteiger partial charge in [0.05, 0.1) is 41.4 Å². The number of rotatable bonds is 11. The minimum absolute atomic E-state index is 0.00491. The Bertz CT molecular complexity index is 2130. The SMILES string of the molecule is CCCCC(=O)OCCCC1(C)Nc2cccc3c(N=Nc4ccc(N=Nc5ccccc5)c5ccccc45)ccc(c23)N1.O=C1NC2CSC[C@H]2N1. The second-order valence-corrected chi connectivity index (χ2v) is 14.7. The maximum atomic E-state index is 11.9. The summed E-state index contributed by atoms with van der Waals surface area (Å²) in [5, 5.41) is 35.4. The number of azo groups is 2. The van der Waals surface area contributed by atoms with Crippen LogP contribution >= 0.6 is 11.8 Å². The van der Waals surface area contributed by atoms with Gasteiger partial charge in [0.1, 0.15) is 5.66 Å². The van der Waals surface area contributed by atoms with Gasteiger partial charge in [-0.15, -0.1) is 15.3 Å². The molecule has 3 atom stereocenters. The van der Waals surface area contributed by atoms with E-state index >= 15 is 0 Å². The zero-order valence-corrected chi connectivity index (χ0v) is 30.8. The van der Waals surface area contributed by atoms with E-state index in [1.165, 1.54) is 0 Å². The van der Waals surface area contributed by atoms with E-state index in [4.69, 9.17) is 15.0 Å². The molecule has 53 heavy (non-hydrogen) atoms. The fraction of sp³-hybridized carbons (Fsp3) is 0.317. The van der Waals surface area contributed by atoms with Crippen LogP contribution in [0.2, 0.25) is 0 Å². The van der Waals surface area contributed by atoms with Crippen molar-refractivity contribution in [2.45, 2.75) is 63.7 Å². The molecule has 2 fully saturated rings. The van der Waals surface area contributed by atoms with Crippen molar-refractivity contribution < 1.29 is 14.3 Å². The van der Waals surface area contributed by atoms with Crippen LogP contribution in [0, 0.1) is 0 Å². The molecule has 4 N–H and O–H groups in total. The third-order valence-electron chi connectivity index (χ3n) is 9.54. The van der Waals surface area contributed by atoms with Crippen molar-refractivity contribution in [3.63, 3.8) is 0 Å². The Kier molecular flexibility index (Phi) is 11.1. The summed E-state index contributed by atoms with van der Waals surface area (Å²) in [6.07, 6.45) is 3.89. The van der Waals surface area contributed by atoms with Crippen LogP contribution in [-0.2, 0) is 9.53 Å². The van der Waals surface area contributed by atoms with Gasteiger partial charge in [-0.25, -0.2) is 4.79 Å². The molecule has 8 rings (SSSR count). The molecule has 12 heteroatoms. The average Bonchev–Trinajstić information content (AvgIpc) is 3.76. The summed E-state index contributed by atoms with van der Waals surface area (Å²) >= 11 is 1.89. The number of thioether (sulfide) groups is 1. The van der Waals surface area contributed by atoms with Crippen LogP contribution in [0.5, 0.6) is 0 Å². The monoisotopic (exact) mass is 728 g/mol. The van der Waals surface area contributed by atoms with Crippen molar-refractivity contribution in [2.24, 2.45) is 20.5 Å². The van der Waals surface area contributed by atoms with Crippen molar-refractivity contribution >= 4 is 79.4 Å². The molecule has 0 spiro atoms. The second-order valence-electron chi connectivity index (χ2n) is 13.6. The van der Waals surface area contributed by atoms with Crippen LogP contribution in [0.15, 0.2) is 118 Å². The molecule has 0 saturated carbocycles. The number of benzene rings is 5. The number of esters is 1. The molecule has 11 nitrogen and oxygen atoms in total. The van der Waals surface area contributed by atoms with Crippen molar-refractivity contribution in [1.29, 1.82) is 0 Å². The topological polar surface area (TPSA) is 141 Å². The summed E-state index contributed by atoms with van der Waals surface area (Å²) in [4.78, 5) is 22.5. The molecule has 5 aromatic carbocycles. The van der Waals surface area contributed by atoms with Crippen molar-refractivity contribution in [3.05, 3.63) is 97.1 Å². The molecule has 272 valence electrons. The predicted molar refractivity (Wildman–Crippen MR) is 215 cm³/mol. The molecule has 0 aliphatic carbocycles. The van der Waals surface area contributed by atoms with Crippen LogP contribution < -0.4 is 21.3 Å². The quantitative estimate of drug-likeness (QED) is 0.0462. The maximum Gasteiger partial charge on any atom is 0.315 e. The van der Waals surface area contributed by atoms with E-state index in [0.717, 1.165) is 92.9 Å². The van der Waals surface area contributed by atoms with Gasteiger partial charge in [0, 0.05) is 50.8 Å². The van der Waals surface area contributed by atoms with E-state index in [9.17, 15) is 9.59 Å². The fourth-order valence-electron chi connectivity index (χ4n) is 6.82. The summed E-state index contributed by atoms with van der Waals surface area (Å²) in [5.74, 6) is 2.03. The summed E-state index contributed by atoms with van der Waals surface area (Å²) in [5.41, 5.74) is 4.82. The molecule has 2 amide bonds. The van der Waals surface area contributed by atoms with E-state index in [-0.39, 0.29) is 17.7 Å². The number of hydrogen-bond acceptors (Lipinski definition) is 10. The lowest BCUT2D eigenvalue weighted by molar-refractivity contribution is -0.143. The highest BCUT2D eigenvalue weighted by Gasteiger charge is 2.35. The molecular formula is C41H44N8O3S. The largest absolute Gasteiger partial charge is 0.466 e. The lowest BCUT2D eigenvalue weighted by Crippen LogP contribution is -2.45. The highest BCUT2D eigenvalue weighted by atomic mass is 32.2. The number of ether oxygens (including phenoxy) is 1.